The summed E-state index contributed by atoms with van der Waals surface area (Å²) in [5.74, 6) is 3.42. The minimum atomic E-state index is 0.475. The molecule has 0 spiro atoms. The Labute approximate surface area is 166 Å². The van der Waals surface area contributed by atoms with Crippen LogP contribution in [0.3, 0.4) is 0 Å². The van der Waals surface area contributed by atoms with Gasteiger partial charge in [-0.1, -0.05) is 0 Å². The van der Waals surface area contributed by atoms with Crippen molar-refractivity contribution in [3.8, 4) is 17.2 Å². The molecule has 1 unspecified atom stereocenters. The summed E-state index contributed by atoms with van der Waals surface area (Å²) in [6.45, 7) is 2.46. The van der Waals surface area contributed by atoms with Gasteiger partial charge in [-0.3, -0.25) is 9.67 Å². The number of aromatic nitrogens is 2. The molecule has 8 nitrogen and oxygen atoms in total. The normalized spacial score (nSPS) is 17.0. The topological polar surface area (TPSA) is 73.1 Å². The van der Waals surface area contributed by atoms with Crippen molar-refractivity contribution in [1.82, 2.24) is 20.0 Å². The number of benzene rings is 1. The van der Waals surface area contributed by atoms with Crippen LogP contribution in [0.15, 0.2) is 29.5 Å². The summed E-state index contributed by atoms with van der Waals surface area (Å²) in [6, 6.07) is 3.77. The van der Waals surface area contributed by atoms with Gasteiger partial charge >= 0.3 is 0 Å². The largest absolute Gasteiger partial charge is 0.496 e. The van der Waals surface area contributed by atoms with Crippen LogP contribution in [-0.2, 0) is 13.6 Å². The van der Waals surface area contributed by atoms with Crippen molar-refractivity contribution in [3.05, 3.63) is 35.7 Å². The van der Waals surface area contributed by atoms with Gasteiger partial charge in [0.25, 0.3) is 0 Å². The zero-order valence-corrected chi connectivity index (χ0v) is 17.2. The van der Waals surface area contributed by atoms with Crippen molar-refractivity contribution >= 4 is 5.96 Å². The molecular formula is C20H29N5O3. The van der Waals surface area contributed by atoms with Crippen molar-refractivity contribution in [2.24, 2.45) is 12.0 Å². The summed E-state index contributed by atoms with van der Waals surface area (Å²) >= 11 is 0. The molecule has 0 bridgehead atoms. The maximum atomic E-state index is 5.52. The average Bonchev–Trinajstić information content (AvgIpc) is 3.37. The lowest BCUT2D eigenvalue weighted by Crippen LogP contribution is -2.39. The number of aliphatic imine (C=N–C) groups is 1. The zero-order chi connectivity index (χ0) is 20.1. The molecule has 3 rings (SSSR count). The molecular weight excluding hydrogens is 358 g/mol. The summed E-state index contributed by atoms with van der Waals surface area (Å²) in [5, 5.41) is 7.74. The third kappa shape index (κ3) is 4.16. The number of nitrogens with one attached hydrogen (secondary N) is 1. The third-order valence-corrected chi connectivity index (χ3v) is 5.12. The highest BCUT2D eigenvalue weighted by Gasteiger charge is 2.27. The molecule has 1 aromatic carbocycles. The molecule has 0 radical (unpaired) electrons. The van der Waals surface area contributed by atoms with Gasteiger partial charge in [0.2, 0.25) is 0 Å². The Morgan fingerprint density at radius 2 is 1.89 bits per heavy atom. The first kappa shape index (κ1) is 19.9. The van der Waals surface area contributed by atoms with Gasteiger partial charge < -0.3 is 24.4 Å². The van der Waals surface area contributed by atoms with Crippen molar-refractivity contribution < 1.29 is 14.2 Å². The molecule has 0 aliphatic carbocycles. The molecule has 2 heterocycles. The van der Waals surface area contributed by atoms with Crippen LogP contribution < -0.4 is 19.5 Å². The van der Waals surface area contributed by atoms with E-state index in [1.807, 2.05) is 37.1 Å². The smallest absolute Gasteiger partial charge is 0.193 e. The van der Waals surface area contributed by atoms with Crippen LogP contribution in [0.25, 0.3) is 0 Å². The highest BCUT2D eigenvalue weighted by Crippen LogP contribution is 2.34. The van der Waals surface area contributed by atoms with Crippen LogP contribution >= 0.6 is 0 Å². The number of methoxy groups -OCH3 is 3. The number of ether oxygens (including phenoxy) is 3. The molecule has 1 aliphatic heterocycles. The molecule has 0 saturated carbocycles. The highest BCUT2D eigenvalue weighted by atomic mass is 16.5. The first-order valence-electron chi connectivity index (χ1n) is 9.32. The Kier molecular flexibility index (Phi) is 6.28. The molecule has 1 fully saturated rings. The van der Waals surface area contributed by atoms with Gasteiger partial charge in [-0.25, -0.2) is 0 Å². The van der Waals surface area contributed by atoms with Crippen LogP contribution in [0, 0.1) is 0 Å². The predicted molar refractivity (Wildman–Crippen MR) is 108 cm³/mol. The maximum absolute atomic E-state index is 5.52. The fraction of sp³-hybridized carbons (Fsp3) is 0.500. The van der Waals surface area contributed by atoms with Gasteiger partial charge in [0, 0.05) is 57.5 Å². The van der Waals surface area contributed by atoms with Crippen LogP contribution in [0.2, 0.25) is 0 Å². The van der Waals surface area contributed by atoms with Gasteiger partial charge in [0.15, 0.2) is 17.5 Å². The average molecular weight is 387 g/mol. The van der Waals surface area contributed by atoms with E-state index in [-0.39, 0.29) is 0 Å². The van der Waals surface area contributed by atoms with Crippen molar-refractivity contribution in [2.45, 2.75) is 18.9 Å². The monoisotopic (exact) mass is 387 g/mol. The quantitative estimate of drug-likeness (QED) is 0.604. The lowest BCUT2D eigenvalue weighted by atomic mass is 10.0. The van der Waals surface area contributed by atoms with Crippen LogP contribution in [0.1, 0.15) is 23.5 Å². The van der Waals surface area contributed by atoms with E-state index in [4.69, 9.17) is 14.2 Å². The number of aryl methyl sites for hydroxylation is 1. The predicted octanol–water partition coefficient (Wildman–Crippen LogP) is 2.01. The summed E-state index contributed by atoms with van der Waals surface area (Å²) in [5.41, 5.74) is 2.26. The highest BCUT2D eigenvalue weighted by molar-refractivity contribution is 5.80. The van der Waals surface area contributed by atoms with Gasteiger partial charge in [0.05, 0.1) is 27.5 Å². The SMILES string of the molecule is CN=C(NCc1cc(OC)c(OC)cc1OC)N1CCC(c2cnn(C)c2)C1. The molecule has 28 heavy (non-hydrogen) atoms. The van der Waals surface area contributed by atoms with Gasteiger partial charge in [-0.2, -0.15) is 5.10 Å². The molecule has 152 valence electrons. The van der Waals surface area contributed by atoms with E-state index < -0.39 is 0 Å². The van der Waals surface area contributed by atoms with E-state index >= 15 is 0 Å². The lowest BCUT2D eigenvalue weighted by molar-refractivity contribution is 0.347. The van der Waals surface area contributed by atoms with Crippen molar-refractivity contribution in [2.75, 3.05) is 41.5 Å². The molecule has 1 N–H and O–H groups in total. The summed E-state index contributed by atoms with van der Waals surface area (Å²) < 4.78 is 18.1. The number of likely N-dealkylation sites (tertiary alicyclic amines) is 1. The Morgan fingerprint density at radius 3 is 2.50 bits per heavy atom. The number of guanidine groups is 1. The Morgan fingerprint density at radius 1 is 1.18 bits per heavy atom. The number of rotatable bonds is 6. The summed E-state index contributed by atoms with van der Waals surface area (Å²) in [6.07, 6.45) is 5.14. The summed E-state index contributed by atoms with van der Waals surface area (Å²) in [7, 11) is 8.66. The molecule has 1 aliphatic rings. The molecule has 8 heteroatoms. The fourth-order valence-corrected chi connectivity index (χ4v) is 3.61. The first-order chi connectivity index (χ1) is 13.6. The van der Waals surface area contributed by atoms with Gasteiger partial charge in [0.1, 0.15) is 5.75 Å². The number of hydrogen-bond donors (Lipinski definition) is 1. The van der Waals surface area contributed by atoms with Gasteiger partial charge in [-0.05, 0) is 18.1 Å². The second-order valence-electron chi connectivity index (χ2n) is 6.80. The minimum absolute atomic E-state index is 0.475. The lowest BCUT2D eigenvalue weighted by Gasteiger charge is -2.22. The fourth-order valence-electron chi connectivity index (χ4n) is 3.61. The zero-order valence-electron chi connectivity index (χ0n) is 17.2. The Bertz CT molecular complexity index is 833. The summed E-state index contributed by atoms with van der Waals surface area (Å²) in [4.78, 5) is 6.75. The van der Waals surface area contributed by atoms with E-state index in [0.717, 1.165) is 36.8 Å². The van der Waals surface area contributed by atoms with Crippen LogP contribution in [-0.4, -0.2) is 62.1 Å². The molecule has 1 saturated heterocycles. The Balaban J connectivity index is 1.68. The standard InChI is InChI=1S/C20H29N5O3/c1-21-20(25-7-6-14(13-25)16-11-23-24(2)12-16)22-10-15-8-18(27-4)19(28-5)9-17(15)26-3/h8-9,11-12,14H,6-7,10,13H2,1-5H3,(H,21,22). The maximum Gasteiger partial charge on any atom is 0.193 e. The molecule has 1 aromatic heterocycles. The molecule has 2 aromatic rings. The minimum Gasteiger partial charge on any atom is -0.496 e. The molecule has 0 amide bonds. The Hall–Kier alpha value is -2.90. The second-order valence-corrected chi connectivity index (χ2v) is 6.80. The first-order valence-corrected chi connectivity index (χ1v) is 9.32. The number of hydrogen-bond acceptors (Lipinski definition) is 5. The van der Waals surface area contributed by atoms with Crippen molar-refractivity contribution in [3.63, 3.8) is 0 Å². The van der Waals surface area contributed by atoms with Gasteiger partial charge in [-0.15, -0.1) is 0 Å². The van der Waals surface area contributed by atoms with E-state index in [2.05, 4.69) is 26.5 Å². The van der Waals surface area contributed by atoms with E-state index in [9.17, 15) is 0 Å². The van der Waals surface area contributed by atoms with Crippen molar-refractivity contribution in [1.29, 1.82) is 0 Å². The van der Waals surface area contributed by atoms with Crippen LogP contribution in [0.5, 0.6) is 17.2 Å². The van der Waals surface area contributed by atoms with E-state index in [1.54, 1.807) is 21.3 Å². The second kappa shape index (κ2) is 8.86. The van der Waals surface area contributed by atoms with Crippen LogP contribution in [0.4, 0.5) is 0 Å². The third-order valence-electron chi connectivity index (χ3n) is 5.12. The molecule has 1 atom stereocenters. The van der Waals surface area contributed by atoms with E-state index in [0.29, 0.717) is 24.0 Å². The number of nitrogens with zero attached hydrogens (tertiary/aromatic N) is 4. The van der Waals surface area contributed by atoms with E-state index in [1.165, 1.54) is 5.56 Å².